The highest BCUT2D eigenvalue weighted by molar-refractivity contribution is 7.09. The molecule has 5 heteroatoms. The van der Waals surface area contributed by atoms with Crippen molar-refractivity contribution in [1.29, 1.82) is 0 Å². The van der Waals surface area contributed by atoms with Gasteiger partial charge in [-0.05, 0) is 36.1 Å². The monoisotopic (exact) mass is 317 g/mol. The first kappa shape index (κ1) is 15.3. The Hall–Kier alpha value is -1.59. The lowest BCUT2D eigenvalue weighted by molar-refractivity contribution is 0.322. The maximum Gasteiger partial charge on any atom is 0.119 e. The molecule has 0 amide bonds. The number of nitrogens with zero attached hydrogens (tertiary/aromatic N) is 1. The summed E-state index contributed by atoms with van der Waals surface area (Å²) in [5, 5.41) is 10.5. The van der Waals surface area contributed by atoms with Crippen LogP contribution in [0.1, 0.15) is 36.9 Å². The lowest BCUT2D eigenvalue weighted by Crippen LogP contribution is -2.41. The summed E-state index contributed by atoms with van der Waals surface area (Å²) in [7, 11) is 1.72. The molecule has 118 valence electrons. The number of hydrogen-bond acceptors (Lipinski definition) is 5. The molecule has 0 spiro atoms. The molecule has 0 fully saturated rings. The van der Waals surface area contributed by atoms with Crippen molar-refractivity contribution >= 4 is 17.0 Å². The van der Waals surface area contributed by atoms with Crippen LogP contribution in [0.4, 0.5) is 5.69 Å². The lowest BCUT2D eigenvalue weighted by atomic mass is 9.82. The molecule has 1 aromatic heterocycles. The summed E-state index contributed by atoms with van der Waals surface area (Å²) in [5.74, 6) is 1.41. The number of anilines is 1. The van der Waals surface area contributed by atoms with Gasteiger partial charge in [0, 0.05) is 35.9 Å². The summed E-state index contributed by atoms with van der Waals surface area (Å²) >= 11 is 1.69. The van der Waals surface area contributed by atoms with Gasteiger partial charge < -0.3 is 15.4 Å². The Labute approximate surface area is 135 Å². The van der Waals surface area contributed by atoms with Crippen LogP contribution in [-0.2, 0) is 6.54 Å². The molecule has 1 aromatic carbocycles. The van der Waals surface area contributed by atoms with E-state index in [0.717, 1.165) is 23.7 Å². The molecule has 2 N–H and O–H groups in total. The first-order chi connectivity index (χ1) is 10.7. The largest absolute Gasteiger partial charge is 0.497 e. The van der Waals surface area contributed by atoms with E-state index in [0.29, 0.717) is 18.0 Å². The van der Waals surface area contributed by atoms with Crippen molar-refractivity contribution in [3.63, 3.8) is 0 Å². The molecule has 2 aromatic rings. The van der Waals surface area contributed by atoms with E-state index < -0.39 is 0 Å². The highest BCUT2D eigenvalue weighted by Gasteiger charge is 2.32. The highest BCUT2D eigenvalue weighted by atomic mass is 32.1. The van der Waals surface area contributed by atoms with Crippen LogP contribution in [0.5, 0.6) is 5.75 Å². The van der Waals surface area contributed by atoms with Gasteiger partial charge in [-0.2, -0.15) is 0 Å². The first-order valence-corrected chi connectivity index (χ1v) is 8.67. The molecule has 0 unspecified atom stereocenters. The molecule has 22 heavy (non-hydrogen) atoms. The van der Waals surface area contributed by atoms with Crippen LogP contribution in [-0.4, -0.2) is 18.1 Å². The summed E-state index contributed by atoms with van der Waals surface area (Å²) in [6.45, 7) is 5.35. The minimum Gasteiger partial charge on any atom is -0.497 e. The van der Waals surface area contributed by atoms with E-state index in [9.17, 15) is 0 Å². The summed E-state index contributed by atoms with van der Waals surface area (Å²) in [5.41, 5.74) is 2.50. The average molecular weight is 317 g/mol. The van der Waals surface area contributed by atoms with Crippen molar-refractivity contribution in [2.75, 3.05) is 12.4 Å². The van der Waals surface area contributed by atoms with Crippen molar-refractivity contribution in [3.8, 4) is 5.75 Å². The smallest absolute Gasteiger partial charge is 0.119 e. The van der Waals surface area contributed by atoms with E-state index in [1.807, 2.05) is 17.6 Å². The van der Waals surface area contributed by atoms with Crippen LogP contribution in [0.3, 0.4) is 0 Å². The van der Waals surface area contributed by atoms with Gasteiger partial charge in [-0.1, -0.05) is 13.8 Å². The maximum atomic E-state index is 5.40. The number of fused-ring (bicyclic) bond motifs is 1. The SMILES string of the molecule is CC[C@H]1Nc2ccc(OC)cc2[C@@H](NCc2nccs2)[C@@H]1C. The van der Waals surface area contributed by atoms with Gasteiger partial charge in [-0.15, -0.1) is 11.3 Å². The molecule has 0 radical (unpaired) electrons. The predicted molar refractivity (Wildman–Crippen MR) is 91.6 cm³/mol. The fourth-order valence-electron chi connectivity index (χ4n) is 3.21. The molecule has 0 bridgehead atoms. The normalized spacial score (nSPS) is 23.7. The molecule has 3 rings (SSSR count). The molecule has 3 atom stereocenters. The Kier molecular flexibility index (Phi) is 4.64. The van der Waals surface area contributed by atoms with E-state index >= 15 is 0 Å². The molecule has 2 heterocycles. The third-order valence-electron chi connectivity index (χ3n) is 4.49. The Bertz CT molecular complexity index is 614. The van der Waals surface area contributed by atoms with Crippen molar-refractivity contribution in [2.24, 2.45) is 5.92 Å². The zero-order valence-electron chi connectivity index (χ0n) is 13.3. The summed E-state index contributed by atoms with van der Waals surface area (Å²) < 4.78 is 5.40. The Morgan fingerprint density at radius 3 is 2.95 bits per heavy atom. The predicted octanol–water partition coefficient (Wildman–Crippen LogP) is 3.82. The Morgan fingerprint density at radius 2 is 2.27 bits per heavy atom. The van der Waals surface area contributed by atoms with E-state index in [1.165, 1.54) is 11.3 Å². The topological polar surface area (TPSA) is 46.2 Å². The zero-order chi connectivity index (χ0) is 15.5. The first-order valence-electron chi connectivity index (χ1n) is 7.79. The number of benzene rings is 1. The van der Waals surface area contributed by atoms with Gasteiger partial charge in [0.1, 0.15) is 10.8 Å². The van der Waals surface area contributed by atoms with Gasteiger partial charge in [0.2, 0.25) is 0 Å². The summed E-state index contributed by atoms with van der Waals surface area (Å²) in [6.07, 6.45) is 2.97. The zero-order valence-corrected chi connectivity index (χ0v) is 14.1. The summed E-state index contributed by atoms with van der Waals surface area (Å²) in [4.78, 5) is 4.37. The van der Waals surface area contributed by atoms with E-state index in [4.69, 9.17) is 4.74 Å². The second-order valence-corrected chi connectivity index (χ2v) is 6.73. The van der Waals surface area contributed by atoms with Crippen molar-refractivity contribution in [3.05, 3.63) is 40.3 Å². The second-order valence-electron chi connectivity index (χ2n) is 5.76. The number of methoxy groups -OCH3 is 1. The Balaban J connectivity index is 1.88. The lowest BCUT2D eigenvalue weighted by Gasteiger charge is -2.39. The van der Waals surface area contributed by atoms with Crippen molar-refractivity contribution in [2.45, 2.75) is 38.9 Å². The van der Waals surface area contributed by atoms with Crippen LogP contribution in [0.25, 0.3) is 0 Å². The fraction of sp³-hybridized carbons (Fsp3) is 0.471. The molecular weight excluding hydrogens is 294 g/mol. The average Bonchev–Trinajstić information content (AvgIpc) is 3.06. The Morgan fingerprint density at radius 1 is 1.41 bits per heavy atom. The van der Waals surface area contributed by atoms with Gasteiger partial charge in [-0.25, -0.2) is 4.98 Å². The van der Waals surface area contributed by atoms with Crippen LogP contribution in [0.2, 0.25) is 0 Å². The van der Waals surface area contributed by atoms with E-state index in [2.05, 4.69) is 41.6 Å². The molecule has 1 aliphatic heterocycles. The molecule has 0 aliphatic carbocycles. The summed E-state index contributed by atoms with van der Waals surface area (Å²) in [6, 6.07) is 7.08. The number of aromatic nitrogens is 1. The molecular formula is C17H23N3OS. The number of hydrogen-bond donors (Lipinski definition) is 2. The van der Waals surface area contributed by atoms with Gasteiger partial charge in [0.05, 0.1) is 7.11 Å². The molecule has 0 saturated carbocycles. The molecule has 4 nitrogen and oxygen atoms in total. The minimum atomic E-state index is 0.306. The van der Waals surface area contributed by atoms with Crippen LogP contribution in [0, 0.1) is 5.92 Å². The van der Waals surface area contributed by atoms with Gasteiger partial charge in [0.15, 0.2) is 0 Å². The fourth-order valence-corrected chi connectivity index (χ4v) is 3.78. The van der Waals surface area contributed by atoms with E-state index in [1.54, 1.807) is 18.4 Å². The van der Waals surface area contributed by atoms with Crippen LogP contribution < -0.4 is 15.4 Å². The third-order valence-corrected chi connectivity index (χ3v) is 5.27. The van der Waals surface area contributed by atoms with Gasteiger partial charge >= 0.3 is 0 Å². The van der Waals surface area contributed by atoms with E-state index in [-0.39, 0.29) is 0 Å². The van der Waals surface area contributed by atoms with Crippen molar-refractivity contribution < 1.29 is 4.74 Å². The number of nitrogens with one attached hydrogen (secondary N) is 2. The van der Waals surface area contributed by atoms with Gasteiger partial charge in [0.25, 0.3) is 0 Å². The molecule has 1 aliphatic rings. The van der Waals surface area contributed by atoms with Crippen LogP contribution >= 0.6 is 11.3 Å². The standard InChI is InChI=1S/C17H23N3OS/c1-4-14-11(2)17(19-10-16-18-7-8-22-16)13-9-12(21-3)5-6-15(13)20-14/h5-9,11,14,17,19-20H,4,10H2,1-3H3/t11-,14-,17+/m1/s1. The highest BCUT2D eigenvalue weighted by Crippen LogP contribution is 2.39. The van der Waals surface area contributed by atoms with Gasteiger partial charge in [-0.3, -0.25) is 0 Å². The maximum absolute atomic E-state index is 5.40. The molecule has 0 saturated heterocycles. The third kappa shape index (κ3) is 2.96. The minimum absolute atomic E-state index is 0.306. The quantitative estimate of drug-likeness (QED) is 0.880. The number of thiazole rings is 1. The van der Waals surface area contributed by atoms with Crippen LogP contribution in [0.15, 0.2) is 29.8 Å². The van der Waals surface area contributed by atoms with Crippen molar-refractivity contribution in [1.82, 2.24) is 10.3 Å². The number of rotatable bonds is 5. The number of ether oxygens (including phenoxy) is 1. The second kappa shape index (κ2) is 6.67.